The molecular formula is C16H24N4O2. The molecule has 22 heavy (non-hydrogen) atoms. The maximum absolute atomic E-state index is 12.6. The Bertz CT molecular complexity index is 513. The topological polar surface area (TPSA) is 48.9 Å². The number of likely N-dealkylation sites (N-methyl/N-ethyl adjacent to an activating group) is 1. The molecule has 6 nitrogen and oxygen atoms in total. The molecule has 1 aromatic heterocycles. The monoisotopic (exact) mass is 304 g/mol. The van der Waals surface area contributed by atoms with Gasteiger partial charge in [0.2, 0.25) is 0 Å². The maximum atomic E-state index is 12.6. The second kappa shape index (κ2) is 6.62. The van der Waals surface area contributed by atoms with Gasteiger partial charge in [0.15, 0.2) is 0 Å². The average molecular weight is 304 g/mol. The highest BCUT2D eigenvalue weighted by Crippen LogP contribution is 2.16. The minimum Gasteiger partial charge on any atom is -0.378 e. The summed E-state index contributed by atoms with van der Waals surface area (Å²) in [7, 11) is 2.09. The van der Waals surface area contributed by atoms with Gasteiger partial charge in [-0.1, -0.05) is 0 Å². The van der Waals surface area contributed by atoms with Crippen LogP contribution in [-0.2, 0) is 4.74 Å². The highest BCUT2D eigenvalue weighted by atomic mass is 16.5. The van der Waals surface area contributed by atoms with E-state index in [1.165, 1.54) is 0 Å². The zero-order valence-corrected chi connectivity index (χ0v) is 13.4. The van der Waals surface area contributed by atoms with Gasteiger partial charge in [0.05, 0.1) is 18.8 Å². The molecule has 2 saturated heterocycles. The molecule has 0 N–H and O–H groups in total. The summed E-state index contributed by atoms with van der Waals surface area (Å²) in [5, 5.41) is 0. The van der Waals surface area contributed by atoms with Gasteiger partial charge in [0, 0.05) is 45.0 Å². The molecule has 2 aliphatic rings. The van der Waals surface area contributed by atoms with Crippen LogP contribution in [0.1, 0.15) is 17.3 Å². The number of hydrogen-bond acceptors (Lipinski definition) is 5. The summed E-state index contributed by atoms with van der Waals surface area (Å²) in [6.07, 6.45) is 1.71. The molecule has 1 amide bonds. The SMILES string of the molecule is C[C@H]1CN(C)CCN1C(=O)c1ccc(N2CCOCC2)nc1. The predicted molar refractivity (Wildman–Crippen MR) is 85.3 cm³/mol. The van der Waals surface area contributed by atoms with E-state index >= 15 is 0 Å². The van der Waals surface area contributed by atoms with Crippen molar-refractivity contribution in [3.63, 3.8) is 0 Å². The fraction of sp³-hybridized carbons (Fsp3) is 0.625. The van der Waals surface area contributed by atoms with E-state index in [2.05, 4.69) is 28.8 Å². The van der Waals surface area contributed by atoms with Crippen molar-refractivity contribution in [2.24, 2.45) is 0 Å². The van der Waals surface area contributed by atoms with Crippen LogP contribution in [0.5, 0.6) is 0 Å². The molecule has 3 rings (SSSR count). The summed E-state index contributed by atoms with van der Waals surface area (Å²) in [5.74, 6) is 1.01. The molecule has 1 aromatic rings. The maximum Gasteiger partial charge on any atom is 0.255 e. The zero-order valence-electron chi connectivity index (χ0n) is 13.4. The lowest BCUT2D eigenvalue weighted by molar-refractivity contribution is 0.0533. The lowest BCUT2D eigenvalue weighted by atomic mass is 10.1. The minimum absolute atomic E-state index is 0.0848. The van der Waals surface area contributed by atoms with E-state index in [9.17, 15) is 4.79 Å². The Morgan fingerprint density at radius 1 is 1.23 bits per heavy atom. The number of anilines is 1. The molecule has 0 aromatic carbocycles. The molecule has 2 fully saturated rings. The van der Waals surface area contributed by atoms with E-state index in [4.69, 9.17) is 4.74 Å². The summed E-state index contributed by atoms with van der Waals surface area (Å²) >= 11 is 0. The molecular weight excluding hydrogens is 280 g/mol. The van der Waals surface area contributed by atoms with Gasteiger partial charge in [-0.15, -0.1) is 0 Å². The summed E-state index contributed by atoms with van der Waals surface area (Å²) in [4.78, 5) is 23.5. The molecule has 0 unspecified atom stereocenters. The van der Waals surface area contributed by atoms with Crippen molar-refractivity contribution in [1.82, 2.24) is 14.8 Å². The van der Waals surface area contributed by atoms with Crippen molar-refractivity contribution in [1.29, 1.82) is 0 Å². The molecule has 3 heterocycles. The normalized spacial score (nSPS) is 23.6. The fourth-order valence-electron chi connectivity index (χ4n) is 3.10. The quantitative estimate of drug-likeness (QED) is 0.805. The van der Waals surface area contributed by atoms with Crippen LogP contribution in [0.4, 0.5) is 5.82 Å². The van der Waals surface area contributed by atoms with Gasteiger partial charge in [-0.2, -0.15) is 0 Å². The van der Waals surface area contributed by atoms with Crippen LogP contribution in [-0.4, -0.2) is 79.7 Å². The van der Waals surface area contributed by atoms with Crippen molar-refractivity contribution < 1.29 is 9.53 Å². The first-order valence-electron chi connectivity index (χ1n) is 7.93. The Labute approximate surface area is 131 Å². The third-order valence-corrected chi connectivity index (χ3v) is 4.42. The van der Waals surface area contributed by atoms with Crippen molar-refractivity contribution in [3.8, 4) is 0 Å². The number of hydrogen-bond donors (Lipinski definition) is 0. The molecule has 2 aliphatic heterocycles. The third-order valence-electron chi connectivity index (χ3n) is 4.42. The van der Waals surface area contributed by atoms with Gasteiger partial charge in [-0.25, -0.2) is 4.98 Å². The van der Waals surface area contributed by atoms with Crippen LogP contribution in [0.15, 0.2) is 18.3 Å². The predicted octanol–water partition coefficient (Wildman–Crippen LogP) is 0.694. The number of morpholine rings is 1. The average Bonchev–Trinajstić information content (AvgIpc) is 2.55. The first-order valence-corrected chi connectivity index (χ1v) is 7.93. The Morgan fingerprint density at radius 3 is 2.64 bits per heavy atom. The molecule has 0 aliphatic carbocycles. The molecule has 0 spiro atoms. The number of aromatic nitrogens is 1. The van der Waals surface area contributed by atoms with E-state index in [1.807, 2.05) is 17.0 Å². The Morgan fingerprint density at radius 2 is 2.00 bits per heavy atom. The number of amides is 1. The van der Waals surface area contributed by atoms with Gasteiger partial charge in [0.1, 0.15) is 5.82 Å². The molecule has 120 valence electrons. The number of carbonyl (C=O) groups is 1. The minimum atomic E-state index is 0.0848. The van der Waals surface area contributed by atoms with Crippen LogP contribution in [0.25, 0.3) is 0 Å². The van der Waals surface area contributed by atoms with Gasteiger partial charge < -0.3 is 19.4 Å². The second-order valence-corrected chi connectivity index (χ2v) is 6.11. The van der Waals surface area contributed by atoms with Gasteiger partial charge >= 0.3 is 0 Å². The highest BCUT2D eigenvalue weighted by molar-refractivity contribution is 5.94. The largest absolute Gasteiger partial charge is 0.378 e. The molecule has 0 bridgehead atoms. The molecule has 6 heteroatoms. The zero-order chi connectivity index (χ0) is 15.5. The first-order chi connectivity index (χ1) is 10.6. The van der Waals surface area contributed by atoms with E-state index in [0.717, 1.165) is 51.8 Å². The lowest BCUT2D eigenvalue weighted by Crippen LogP contribution is -2.52. The standard InChI is InChI=1S/C16H24N4O2/c1-13-12-18(2)5-6-20(13)16(21)14-3-4-15(17-11-14)19-7-9-22-10-8-19/h3-4,11,13H,5-10,12H2,1-2H3/t13-/m0/s1. The number of piperazine rings is 1. The summed E-state index contributed by atoms with van der Waals surface area (Å²) in [5.41, 5.74) is 0.674. The van der Waals surface area contributed by atoms with Gasteiger partial charge in [-0.3, -0.25) is 4.79 Å². The van der Waals surface area contributed by atoms with E-state index in [-0.39, 0.29) is 11.9 Å². The van der Waals surface area contributed by atoms with E-state index < -0.39 is 0 Å². The van der Waals surface area contributed by atoms with E-state index in [0.29, 0.717) is 5.56 Å². The third kappa shape index (κ3) is 3.23. The number of rotatable bonds is 2. The smallest absolute Gasteiger partial charge is 0.255 e. The number of nitrogens with zero attached hydrogens (tertiary/aromatic N) is 4. The van der Waals surface area contributed by atoms with Crippen molar-refractivity contribution >= 4 is 11.7 Å². The van der Waals surface area contributed by atoms with Crippen molar-refractivity contribution in [2.45, 2.75) is 13.0 Å². The van der Waals surface area contributed by atoms with Crippen molar-refractivity contribution in [3.05, 3.63) is 23.9 Å². The lowest BCUT2D eigenvalue weighted by Gasteiger charge is -2.38. The summed E-state index contributed by atoms with van der Waals surface area (Å²) < 4.78 is 5.35. The van der Waals surface area contributed by atoms with Crippen molar-refractivity contribution in [2.75, 3.05) is 57.9 Å². The van der Waals surface area contributed by atoms with Crippen LogP contribution in [0, 0.1) is 0 Å². The van der Waals surface area contributed by atoms with Crippen LogP contribution in [0.3, 0.4) is 0 Å². The first kappa shape index (κ1) is 15.2. The Balaban J connectivity index is 1.68. The Hall–Kier alpha value is -1.66. The number of carbonyl (C=O) groups excluding carboxylic acids is 1. The molecule has 0 radical (unpaired) electrons. The number of ether oxygens (including phenoxy) is 1. The Kier molecular flexibility index (Phi) is 4.59. The van der Waals surface area contributed by atoms with Gasteiger partial charge in [0.25, 0.3) is 5.91 Å². The molecule has 1 atom stereocenters. The van der Waals surface area contributed by atoms with E-state index in [1.54, 1.807) is 6.20 Å². The number of pyridine rings is 1. The van der Waals surface area contributed by atoms with Crippen LogP contribution >= 0.6 is 0 Å². The molecule has 0 saturated carbocycles. The van der Waals surface area contributed by atoms with Gasteiger partial charge in [-0.05, 0) is 26.1 Å². The summed E-state index contributed by atoms with van der Waals surface area (Å²) in [6.45, 7) is 7.92. The van der Waals surface area contributed by atoms with Crippen LogP contribution < -0.4 is 4.90 Å². The second-order valence-electron chi connectivity index (χ2n) is 6.11. The van der Waals surface area contributed by atoms with Crippen LogP contribution in [0.2, 0.25) is 0 Å². The fourth-order valence-corrected chi connectivity index (χ4v) is 3.10. The highest BCUT2D eigenvalue weighted by Gasteiger charge is 2.26. The summed E-state index contributed by atoms with van der Waals surface area (Å²) in [6, 6.07) is 4.08.